The van der Waals surface area contributed by atoms with Crippen LogP contribution in [0.1, 0.15) is 102 Å². The maximum absolute atomic E-state index is 13.6. The van der Waals surface area contributed by atoms with E-state index in [2.05, 4.69) is 58.4 Å². The zero-order valence-electron chi connectivity index (χ0n) is 38.8. The summed E-state index contributed by atoms with van der Waals surface area (Å²) in [6.45, 7) is 7.46. The van der Waals surface area contributed by atoms with E-state index in [1.807, 2.05) is 67.6 Å². The van der Waals surface area contributed by atoms with Crippen molar-refractivity contribution in [2.75, 3.05) is 70.3 Å². The summed E-state index contributed by atoms with van der Waals surface area (Å²) in [6, 6.07) is 22.0. The molecule has 2 saturated heterocycles. The van der Waals surface area contributed by atoms with Crippen molar-refractivity contribution in [3.05, 3.63) is 113 Å². The van der Waals surface area contributed by atoms with Crippen LogP contribution in [0.25, 0.3) is 11.5 Å². The van der Waals surface area contributed by atoms with Crippen LogP contribution >= 0.6 is 0 Å². The molecule has 0 bridgehead atoms. The van der Waals surface area contributed by atoms with Crippen molar-refractivity contribution in [3.8, 4) is 17.3 Å². The fourth-order valence-corrected chi connectivity index (χ4v) is 8.82. The maximum atomic E-state index is 13.6. The lowest BCUT2D eigenvalue weighted by molar-refractivity contribution is -0.136. The highest BCUT2D eigenvalue weighted by atomic mass is 16.5. The normalized spacial score (nSPS) is 17.4. The Bertz CT molecular complexity index is 2510. The number of nitrogens with one attached hydrogen (secondary N) is 5. The second-order valence-corrected chi connectivity index (χ2v) is 17.7. The van der Waals surface area contributed by atoms with Crippen molar-refractivity contribution < 1.29 is 33.4 Å². The highest BCUT2D eigenvalue weighted by molar-refractivity contribution is 6.05. The van der Waals surface area contributed by atoms with Crippen molar-refractivity contribution in [1.82, 2.24) is 45.6 Å². The number of imide groups is 1. The number of piperidine rings is 2. The van der Waals surface area contributed by atoms with Gasteiger partial charge >= 0.3 is 0 Å². The predicted octanol–water partition coefficient (Wildman–Crippen LogP) is 5.63. The quantitative estimate of drug-likeness (QED) is 0.0397. The van der Waals surface area contributed by atoms with Gasteiger partial charge in [0.2, 0.25) is 11.8 Å². The Kier molecular flexibility index (Phi) is 16.0. The van der Waals surface area contributed by atoms with E-state index in [9.17, 15) is 19.2 Å². The second-order valence-electron chi connectivity index (χ2n) is 17.7. The van der Waals surface area contributed by atoms with E-state index in [0.717, 1.165) is 85.7 Å². The Morgan fingerprint density at radius 2 is 1.69 bits per heavy atom. The summed E-state index contributed by atoms with van der Waals surface area (Å²) in [5.41, 5.74) is 4.82. The number of unbranched alkanes of at least 4 members (excludes halogenated alkanes) is 3. The number of aromatic nitrogens is 5. The first-order valence-corrected chi connectivity index (χ1v) is 23.6. The van der Waals surface area contributed by atoms with Gasteiger partial charge < -0.3 is 44.9 Å². The van der Waals surface area contributed by atoms with E-state index in [0.29, 0.717) is 75.2 Å². The average Bonchev–Trinajstić information content (AvgIpc) is 3.98. The topological polar surface area (TPSA) is 218 Å². The number of benzene rings is 3. The van der Waals surface area contributed by atoms with Crippen molar-refractivity contribution in [1.29, 1.82) is 0 Å². The highest BCUT2D eigenvalue weighted by Gasteiger charge is 2.40. The molecule has 358 valence electrons. The fraction of sp³-hybridized carbons (Fsp3) is 0.440. The van der Waals surface area contributed by atoms with E-state index in [1.54, 1.807) is 23.2 Å². The lowest BCUT2D eigenvalue weighted by Crippen LogP contribution is -2.52. The first-order chi connectivity index (χ1) is 33.1. The van der Waals surface area contributed by atoms with E-state index >= 15 is 0 Å². The summed E-state index contributed by atoms with van der Waals surface area (Å²) < 4.78 is 17.6. The molecule has 2 fully saturated rings. The molecular formula is C50H61N11O7. The SMILES string of the molecule is C[C@@H](NC(=O)c1cccc(NC2(c3nnc(-c4ccncn4)[nH]3)CCN(C)CC2)c1)c1cccc(OCCCCCCOCCOCCNc2ccc3c(c2)CN(C2CCC(=O)NC2=O)C3=O)c1. The van der Waals surface area contributed by atoms with Gasteiger partial charge in [-0.3, -0.25) is 24.5 Å². The van der Waals surface area contributed by atoms with Crippen molar-refractivity contribution in [2.24, 2.45) is 0 Å². The minimum Gasteiger partial charge on any atom is -0.494 e. The summed E-state index contributed by atoms with van der Waals surface area (Å²) >= 11 is 0. The van der Waals surface area contributed by atoms with E-state index in [-0.39, 0.29) is 30.2 Å². The maximum Gasteiger partial charge on any atom is 0.255 e. The fourth-order valence-electron chi connectivity index (χ4n) is 8.82. The van der Waals surface area contributed by atoms with Crippen LogP contribution in [0.5, 0.6) is 5.75 Å². The number of carbonyl (C=O) groups excluding carboxylic acids is 4. The number of carbonyl (C=O) groups is 4. The second kappa shape index (κ2) is 22.8. The minimum atomic E-state index is -0.624. The smallest absolute Gasteiger partial charge is 0.255 e. The lowest BCUT2D eigenvalue weighted by atomic mass is 9.86. The zero-order chi connectivity index (χ0) is 47.3. The summed E-state index contributed by atoms with van der Waals surface area (Å²) in [4.78, 5) is 66.0. The van der Waals surface area contributed by atoms with Crippen LogP contribution in [-0.2, 0) is 31.1 Å². The summed E-state index contributed by atoms with van der Waals surface area (Å²) in [5, 5.41) is 21.5. The van der Waals surface area contributed by atoms with Crippen molar-refractivity contribution in [3.63, 3.8) is 0 Å². The molecule has 1 unspecified atom stereocenters. The minimum absolute atomic E-state index is 0.170. The van der Waals surface area contributed by atoms with Gasteiger partial charge in [-0.05, 0) is 118 Å². The first kappa shape index (κ1) is 47.7. The van der Waals surface area contributed by atoms with Crippen molar-refractivity contribution in [2.45, 2.75) is 82.5 Å². The van der Waals surface area contributed by atoms with Crippen LogP contribution < -0.4 is 26.0 Å². The van der Waals surface area contributed by atoms with Gasteiger partial charge in [0.15, 0.2) is 11.6 Å². The van der Waals surface area contributed by atoms with Crippen LogP contribution in [0, 0.1) is 0 Å². The molecule has 18 nitrogen and oxygen atoms in total. The molecule has 3 aliphatic heterocycles. The molecule has 5 aromatic rings. The van der Waals surface area contributed by atoms with Gasteiger partial charge in [-0.2, -0.15) is 0 Å². The summed E-state index contributed by atoms with van der Waals surface area (Å²) in [5.74, 6) is 1.03. The van der Waals surface area contributed by atoms with E-state index in [1.165, 1.54) is 6.33 Å². The number of anilines is 2. The molecule has 2 atom stereocenters. The van der Waals surface area contributed by atoms with Crippen molar-refractivity contribution >= 4 is 35.0 Å². The lowest BCUT2D eigenvalue weighted by Gasteiger charge is -2.40. The third-order valence-electron chi connectivity index (χ3n) is 12.7. The molecule has 0 aliphatic carbocycles. The monoisotopic (exact) mass is 927 g/mol. The summed E-state index contributed by atoms with van der Waals surface area (Å²) in [7, 11) is 2.11. The highest BCUT2D eigenvalue weighted by Crippen LogP contribution is 2.36. The van der Waals surface area contributed by atoms with Crippen LogP contribution in [-0.4, -0.2) is 124 Å². The van der Waals surface area contributed by atoms with Crippen LogP contribution in [0.3, 0.4) is 0 Å². The van der Waals surface area contributed by atoms with Gasteiger partial charge in [0.1, 0.15) is 23.8 Å². The third kappa shape index (κ3) is 12.2. The van der Waals surface area contributed by atoms with Gasteiger partial charge in [0, 0.05) is 67.9 Å². The zero-order valence-corrected chi connectivity index (χ0v) is 38.8. The molecule has 3 aromatic carbocycles. The molecule has 0 saturated carbocycles. The molecule has 0 radical (unpaired) electrons. The Morgan fingerprint density at radius 1 is 0.882 bits per heavy atom. The third-order valence-corrected chi connectivity index (χ3v) is 12.7. The number of amides is 4. The molecular weight excluding hydrogens is 867 g/mol. The molecule has 4 amide bonds. The summed E-state index contributed by atoms with van der Waals surface area (Å²) in [6.07, 6.45) is 9.28. The number of H-pyrrole nitrogens is 1. The number of aromatic amines is 1. The Labute approximate surface area is 396 Å². The van der Waals surface area contributed by atoms with Gasteiger partial charge in [0.05, 0.1) is 38.0 Å². The number of rotatable bonds is 23. The van der Waals surface area contributed by atoms with E-state index < -0.39 is 17.5 Å². The molecule has 5 heterocycles. The van der Waals surface area contributed by atoms with Gasteiger partial charge in [0.25, 0.3) is 11.8 Å². The van der Waals surface area contributed by atoms with Crippen LogP contribution in [0.15, 0.2) is 85.3 Å². The van der Waals surface area contributed by atoms with Gasteiger partial charge in [-0.15, -0.1) is 10.2 Å². The number of fused-ring (bicyclic) bond motifs is 1. The molecule has 2 aromatic heterocycles. The van der Waals surface area contributed by atoms with Crippen LogP contribution in [0.4, 0.5) is 11.4 Å². The number of likely N-dealkylation sites (tertiary alicyclic amines) is 1. The first-order valence-electron chi connectivity index (χ1n) is 23.6. The predicted molar refractivity (Wildman–Crippen MR) is 255 cm³/mol. The molecule has 3 aliphatic rings. The molecule has 0 spiro atoms. The molecule has 68 heavy (non-hydrogen) atoms. The number of ether oxygens (including phenoxy) is 3. The number of nitrogens with zero attached hydrogens (tertiary/aromatic N) is 6. The van der Waals surface area contributed by atoms with Crippen LogP contribution in [0.2, 0.25) is 0 Å². The Balaban J connectivity index is 0.685. The molecule has 18 heteroatoms. The standard InChI is InChI=1S/C50H61N11O7/c1-34(54-46(63)36-10-7-11-39(29-36)57-50(18-22-60(2)23-19-50)49-56-45(58-59-49)42-17-20-51-33-53-42)35-9-8-12-40(31-35)68-25-6-4-3-5-24-66-27-28-67-26-21-52-38-13-14-41-37(30-38)32-61(48(41)65)43-15-16-44(62)55-47(43)64/h7-14,17,20,29-31,33-34,43,52,57H,3-6,15-16,18-19,21-28,32H2,1-2H3,(H,54,63)(H,55,62,64)(H,56,58,59)/t34-,43?/m1/s1. The average molecular weight is 928 g/mol. The van der Waals surface area contributed by atoms with Gasteiger partial charge in [-0.1, -0.05) is 24.6 Å². The molecule has 8 rings (SSSR count). The Morgan fingerprint density at radius 3 is 2.50 bits per heavy atom. The molecule has 5 N–H and O–H groups in total. The van der Waals surface area contributed by atoms with E-state index in [4.69, 9.17) is 14.2 Å². The Hall–Kier alpha value is -6.76. The van der Waals surface area contributed by atoms with Gasteiger partial charge in [-0.25, -0.2) is 9.97 Å². The number of hydrogen-bond donors (Lipinski definition) is 5. The largest absolute Gasteiger partial charge is 0.494 e. The number of hydrogen-bond acceptors (Lipinski definition) is 14.